The van der Waals surface area contributed by atoms with E-state index in [2.05, 4.69) is 10.1 Å². The molecule has 1 fully saturated rings. The van der Waals surface area contributed by atoms with Crippen molar-refractivity contribution in [1.82, 2.24) is 10.1 Å². The van der Waals surface area contributed by atoms with E-state index in [0.717, 1.165) is 37.0 Å². The molecular formula is C16H22ClN3O2. The fraction of sp³-hybridized carbons (Fsp3) is 0.500. The van der Waals surface area contributed by atoms with Gasteiger partial charge >= 0.3 is 0 Å². The maximum absolute atomic E-state index is 6.37. The number of hydrogen-bond acceptors (Lipinski definition) is 5. The van der Waals surface area contributed by atoms with Crippen molar-refractivity contribution in [3.8, 4) is 17.2 Å². The Labute approximate surface area is 136 Å². The van der Waals surface area contributed by atoms with Crippen LogP contribution in [0.4, 0.5) is 0 Å². The zero-order valence-corrected chi connectivity index (χ0v) is 13.7. The molecule has 3 rings (SSSR count). The van der Waals surface area contributed by atoms with Gasteiger partial charge in [-0.05, 0) is 38.8 Å². The second-order valence-electron chi connectivity index (χ2n) is 5.95. The molecule has 22 heavy (non-hydrogen) atoms. The van der Waals surface area contributed by atoms with Crippen molar-refractivity contribution in [3.63, 3.8) is 0 Å². The molecule has 1 aliphatic rings. The molecule has 0 saturated heterocycles. The summed E-state index contributed by atoms with van der Waals surface area (Å²) in [5.74, 6) is 1.83. The number of hydrogen-bond donors (Lipinski definition) is 1. The lowest BCUT2D eigenvalue weighted by atomic mass is 9.99. The van der Waals surface area contributed by atoms with Crippen LogP contribution >= 0.6 is 12.4 Å². The smallest absolute Gasteiger partial charge is 0.261 e. The molecule has 1 aromatic heterocycles. The van der Waals surface area contributed by atoms with E-state index in [0.29, 0.717) is 11.7 Å². The topological polar surface area (TPSA) is 74.2 Å². The van der Waals surface area contributed by atoms with Gasteiger partial charge in [0.1, 0.15) is 5.75 Å². The lowest BCUT2D eigenvalue weighted by Crippen LogP contribution is -2.34. The molecule has 0 radical (unpaired) electrons. The van der Waals surface area contributed by atoms with Crippen LogP contribution in [0.5, 0.6) is 5.75 Å². The first-order chi connectivity index (χ1) is 10.1. The first-order valence-corrected chi connectivity index (χ1v) is 7.48. The van der Waals surface area contributed by atoms with Crippen LogP contribution in [0.25, 0.3) is 11.5 Å². The van der Waals surface area contributed by atoms with Gasteiger partial charge in [0.05, 0.1) is 17.2 Å². The molecule has 120 valence electrons. The number of rotatable bonds is 4. The maximum Gasteiger partial charge on any atom is 0.261 e. The minimum atomic E-state index is -0.435. The minimum absolute atomic E-state index is 0. The molecule has 2 N–H and O–H groups in total. The van der Waals surface area contributed by atoms with E-state index in [9.17, 15) is 0 Å². The van der Waals surface area contributed by atoms with Gasteiger partial charge in [-0.3, -0.25) is 0 Å². The van der Waals surface area contributed by atoms with E-state index in [1.54, 1.807) is 0 Å². The number of para-hydroxylation sites is 1. The van der Waals surface area contributed by atoms with Crippen LogP contribution < -0.4 is 10.5 Å². The predicted octanol–water partition coefficient (Wildman–Crippen LogP) is 3.67. The highest BCUT2D eigenvalue weighted by molar-refractivity contribution is 5.85. The zero-order valence-electron chi connectivity index (χ0n) is 12.9. The molecule has 1 aliphatic carbocycles. The monoisotopic (exact) mass is 323 g/mol. The molecule has 0 aliphatic heterocycles. The van der Waals surface area contributed by atoms with Gasteiger partial charge in [0.25, 0.3) is 5.89 Å². The van der Waals surface area contributed by atoms with Crippen LogP contribution in [0.3, 0.4) is 0 Å². The van der Waals surface area contributed by atoms with Gasteiger partial charge < -0.3 is 15.0 Å². The lowest BCUT2D eigenvalue weighted by molar-refractivity contribution is 0.242. The normalized spacial score (nSPS) is 16.5. The van der Waals surface area contributed by atoms with Crippen LogP contribution in [-0.4, -0.2) is 16.2 Å². The summed E-state index contributed by atoms with van der Waals surface area (Å²) in [6.45, 7) is 3.98. The Morgan fingerprint density at radius 2 is 1.91 bits per heavy atom. The Hall–Kier alpha value is -1.59. The highest BCUT2D eigenvalue weighted by atomic mass is 35.5. The Morgan fingerprint density at radius 1 is 1.23 bits per heavy atom. The second-order valence-corrected chi connectivity index (χ2v) is 5.95. The Morgan fingerprint density at radius 3 is 2.59 bits per heavy atom. The molecule has 5 nitrogen and oxygen atoms in total. The highest BCUT2D eigenvalue weighted by Crippen LogP contribution is 2.36. The van der Waals surface area contributed by atoms with Crippen molar-refractivity contribution >= 4 is 12.4 Å². The third-order valence-electron chi connectivity index (χ3n) is 3.85. The van der Waals surface area contributed by atoms with Crippen LogP contribution in [0.2, 0.25) is 0 Å². The Bertz CT molecular complexity index is 621. The van der Waals surface area contributed by atoms with Crippen LogP contribution in [0, 0.1) is 0 Å². The number of nitrogens with two attached hydrogens (primary N) is 1. The maximum atomic E-state index is 6.37. The Kier molecular flexibility index (Phi) is 5.08. The molecule has 0 spiro atoms. The van der Waals surface area contributed by atoms with Gasteiger partial charge in [0, 0.05) is 0 Å². The summed E-state index contributed by atoms with van der Waals surface area (Å²) in [6, 6.07) is 7.69. The molecule has 1 heterocycles. The van der Waals surface area contributed by atoms with E-state index in [-0.39, 0.29) is 18.5 Å². The van der Waals surface area contributed by atoms with Crippen molar-refractivity contribution in [2.45, 2.75) is 51.2 Å². The number of halogens is 1. The molecule has 1 aromatic carbocycles. The molecule has 6 heteroatoms. The number of benzene rings is 1. The quantitative estimate of drug-likeness (QED) is 0.929. The largest absolute Gasteiger partial charge is 0.490 e. The van der Waals surface area contributed by atoms with Gasteiger partial charge in [-0.2, -0.15) is 4.98 Å². The molecular weight excluding hydrogens is 302 g/mol. The summed E-state index contributed by atoms with van der Waals surface area (Å²) in [5.41, 5.74) is 6.75. The fourth-order valence-electron chi connectivity index (χ4n) is 2.76. The Balaban J connectivity index is 0.00000176. The molecule has 0 unspecified atom stereocenters. The first kappa shape index (κ1) is 16.8. The van der Waals surface area contributed by atoms with Crippen LogP contribution in [-0.2, 0) is 5.54 Å². The lowest BCUT2D eigenvalue weighted by Gasteiger charge is -2.17. The molecule has 1 saturated carbocycles. The predicted molar refractivity (Wildman–Crippen MR) is 87.1 cm³/mol. The average Bonchev–Trinajstić information content (AvgIpc) is 3.08. The van der Waals surface area contributed by atoms with E-state index >= 15 is 0 Å². The number of ether oxygens (including phenoxy) is 1. The summed E-state index contributed by atoms with van der Waals surface area (Å²) < 4.78 is 11.2. The molecule has 0 amide bonds. The van der Waals surface area contributed by atoms with Gasteiger partial charge in [-0.15, -0.1) is 12.4 Å². The van der Waals surface area contributed by atoms with E-state index < -0.39 is 5.54 Å². The first-order valence-electron chi connectivity index (χ1n) is 7.48. The van der Waals surface area contributed by atoms with Gasteiger partial charge in [0.2, 0.25) is 0 Å². The summed E-state index contributed by atoms with van der Waals surface area (Å²) in [7, 11) is 0. The van der Waals surface area contributed by atoms with E-state index in [1.165, 1.54) is 0 Å². The third-order valence-corrected chi connectivity index (χ3v) is 3.85. The van der Waals surface area contributed by atoms with Gasteiger partial charge in [0.15, 0.2) is 5.82 Å². The minimum Gasteiger partial charge on any atom is -0.490 e. The summed E-state index contributed by atoms with van der Waals surface area (Å²) >= 11 is 0. The van der Waals surface area contributed by atoms with Gasteiger partial charge in [-0.25, -0.2) is 0 Å². The van der Waals surface area contributed by atoms with Crippen molar-refractivity contribution < 1.29 is 9.26 Å². The highest BCUT2D eigenvalue weighted by Gasteiger charge is 2.36. The van der Waals surface area contributed by atoms with Crippen molar-refractivity contribution in [2.75, 3.05) is 0 Å². The standard InChI is InChI=1S/C16H21N3O2.ClH/c1-11(2)20-13-8-4-3-7-12(13)14-18-15(19-21-14)16(17)9-5-6-10-16;/h3-4,7-8,11H,5-6,9-10,17H2,1-2H3;1H. The van der Waals surface area contributed by atoms with Gasteiger partial charge in [-0.1, -0.05) is 30.1 Å². The summed E-state index contributed by atoms with van der Waals surface area (Å²) in [6.07, 6.45) is 4.15. The molecule has 0 bridgehead atoms. The van der Waals surface area contributed by atoms with Crippen molar-refractivity contribution in [3.05, 3.63) is 30.1 Å². The SMILES string of the molecule is CC(C)Oc1ccccc1-c1nc(C2(N)CCCC2)no1.Cl. The molecule has 2 aromatic rings. The number of aromatic nitrogens is 2. The zero-order chi connectivity index (χ0) is 14.9. The summed E-state index contributed by atoms with van der Waals surface area (Å²) in [4.78, 5) is 4.52. The number of nitrogens with zero attached hydrogens (tertiary/aromatic N) is 2. The van der Waals surface area contributed by atoms with Crippen LogP contribution in [0.15, 0.2) is 28.8 Å². The second kappa shape index (κ2) is 6.67. The van der Waals surface area contributed by atoms with E-state index in [4.69, 9.17) is 15.0 Å². The van der Waals surface area contributed by atoms with E-state index in [1.807, 2.05) is 38.1 Å². The molecule has 0 atom stereocenters. The van der Waals surface area contributed by atoms with Crippen molar-refractivity contribution in [2.24, 2.45) is 5.73 Å². The van der Waals surface area contributed by atoms with Crippen molar-refractivity contribution in [1.29, 1.82) is 0 Å². The third kappa shape index (κ3) is 3.25. The summed E-state index contributed by atoms with van der Waals surface area (Å²) in [5, 5.41) is 4.10. The van der Waals surface area contributed by atoms with Crippen LogP contribution in [0.1, 0.15) is 45.4 Å². The average molecular weight is 324 g/mol. The fourth-order valence-corrected chi connectivity index (χ4v) is 2.76.